The number of hydrogen-bond acceptors (Lipinski definition) is 5. The molecule has 136 valence electrons. The van der Waals surface area contributed by atoms with Crippen LogP contribution < -0.4 is 5.32 Å². The van der Waals surface area contributed by atoms with Crippen LogP contribution in [0.4, 0.5) is 5.69 Å². The number of benzene rings is 2. The van der Waals surface area contributed by atoms with Crippen LogP contribution in [0.1, 0.15) is 6.42 Å². The van der Waals surface area contributed by atoms with Crippen LogP contribution in [-0.2, 0) is 4.79 Å². The highest BCUT2D eigenvalue weighted by molar-refractivity contribution is 7.99. The molecule has 2 heterocycles. The summed E-state index contributed by atoms with van der Waals surface area (Å²) < 4.78 is 0. The van der Waals surface area contributed by atoms with Gasteiger partial charge in [0, 0.05) is 23.1 Å². The van der Waals surface area contributed by atoms with Gasteiger partial charge in [0.2, 0.25) is 11.1 Å². The van der Waals surface area contributed by atoms with Crippen molar-refractivity contribution in [3.05, 3.63) is 52.5 Å². The van der Waals surface area contributed by atoms with Crippen molar-refractivity contribution in [3.8, 4) is 0 Å². The van der Waals surface area contributed by atoms with Gasteiger partial charge in [-0.15, -0.1) is 10.2 Å². The highest BCUT2D eigenvalue weighted by atomic mass is 35.5. The van der Waals surface area contributed by atoms with Gasteiger partial charge in [0.25, 0.3) is 0 Å². The third-order valence-electron chi connectivity index (χ3n) is 3.89. The first-order valence-corrected chi connectivity index (χ1v) is 9.84. The van der Waals surface area contributed by atoms with E-state index >= 15 is 0 Å². The van der Waals surface area contributed by atoms with Gasteiger partial charge in [-0.05, 0) is 18.2 Å². The molecule has 0 bridgehead atoms. The number of carbonyl (C=O) groups is 1. The molecule has 0 fully saturated rings. The summed E-state index contributed by atoms with van der Waals surface area (Å²) in [6.45, 7) is 0. The van der Waals surface area contributed by atoms with Crippen molar-refractivity contribution >= 4 is 68.6 Å². The monoisotopic (exact) mass is 417 g/mol. The highest BCUT2D eigenvalue weighted by Crippen LogP contribution is 2.29. The fraction of sp³-hybridized carbons (Fsp3) is 0.111. The zero-order chi connectivity index (χ0) is 18.8. The summed E-state index contributed by atoms with van der Waals surface area (Å²) in [5, 5.41) is 13.4. The maximum absolute atomic E-state index is 12.1. The maximum Gasteiger partial charge on any atom is 0.225 e. The summed E-state index contributed by atoms with van der Waals surface area (Å²) >= 11 is 13.4. The molecule has 2 aromatic carbocycles. The number of anilines is 1. The lowest BCUT2D eigenvalue weighted by Crippen LogP contribution is -2.12. The van der Waals surface area contributed by atoms with Gasteiger partial charge in [0.15, 0.2) is 5.65 Å². The number of carbonyl (C=O) groups excluding carboxylic acids is 1. The summed E-state index contributed by atoms with van der Waals surface area (Å²) in [6, 6.07) is 12.9. The predicted molar refractivity (Wildman–Crippen MR) is 110 cm³/mol. The first-order chi connectivity index (χ1) is 13.1. The Morgan fingerprint density at radius 3 is 2.85 bits per heavy atom. The molecule has 2 N–H and O–H groups in total. The van der Waals surface area contributed by atoms with Crippen LogP contribution in [0.15, 0.2) is 47.6 Å². The fourth-order valence-corrected chi connectivity index (χ4v) is 3.69. The molecule has 0 saturated carbocycles. The number of para-hydroxylation sites is 1. The summed E-state index contributed by atoms with van der Waals surface area (Å²) in [4.78, 5) is 19.8. The van der Waals surface area contributed by atoms with E-state index in [1.165, 1.54) is 11.8 Å². The summed E-state index contributed by atoms with van der Waals surface area (Å²) in [5.74, 6) is 0.351. The van der Waals surface area contributed by atoms with Crippen molar-refractivity contribution in [2.45, 2.75) is 11.6 Å². The minimum atomic E-state index is -0.161. The van der Waals surface area contributed by atoms with Gasteiger partial charge in [0.1, 0.15) is 5.52 Å². The molecule has 4 rings (SSSR count). The zero-order valence-corrected chi connectivity index (χ0v) is 16.2. The number of aromatic amines is 1. The van der Waals surface area contributed by atoms with E-state index in [1.807, 2.05) is 24.3 Å². The van der Waals surface area contributed by atoms with E-state index in [0.29, 0.717) is 32.3 Å². The minimum Gasteiger partial charge on any atom is -0.338 e. The Labute approximate surface area is 168 Å². The van der Waals surface area contributed by atoms with Crippen molar-refractivity contribution in [1.82, 2.24) is 20.2 Å². The second-order valence-corrected chi connectivity index (χ2v) is 7.56. The van der Waals surface area contributed by atoms with E-state index in [2.05, 4.69) is 25.5 Å². The molecular weight excluding hydrogens is 405 g/mol. The van der Waals surface area contributed by atoms with Gasteiger partial charge in [-0.2, -0.15) is 0 Å². The largest absolute Gasteiger partial charge is 0.338 e. The quantitative estimate of drug-likeness (QED) is 0.449. The van der Waals surface area contributed by atoms with Gasteiger partial charge >= 0.3 is 0 Å². The van der Waals surface area contributed by atoms with Crippen molar-refractivity contribution < 1.29 is 4.79 Å². The summed E-state index contributed by atoms with van der Waals surface area (Å²) in [6.07, 6.45) is 0.279. The minimum absolute atomic E-state index is 0.161. The molecule has 1 amide bonds. The molecular formula is C18H13Cl2N5OS. The van der Waals surface area contributed by atoms with Gasteiger partial charge in [-0.3, -0.25) is 4.79 Å². The number of halogens is 2. The third kappa shape index (κ3) is 3.85. The predicted octanol–water partition coefficient (Wildman–Crippen LogP) is 4.93. The lowest BCUT2D eigenvalue weighted by molar-refractivity contribution is -0.115. The molecule has 0 aliphatic heterocycles. The molecule has 0 aliphatic carbocycles. The molecule has 2 aromatic heterocycles. The van der Waals surface area contributed by atoms with Gasteiger partial charge in [-0.25, -0.2) is 4.98 Å². The molecule has 4 aromatic rings. The number of aromatic nitrogens is 4. The van der Waals surface area contributed by atoms with E-state index in [4.69, 9.17) is 23.2 Å². The van der Waals surface area contributed by atoms with Gasteiger partial charge in [-0.1, -0.05) is 59.2 Å². The fourth-order valence-electron chi connectivity index (χ4n) is 2.62. The second kappa shape index (κ2) is 7.72. The van der Waals surface area contributed by atoms with Crippen molar-refractivity contribution in [2.24, 2.45) is 0 Å². The van der Waals surface area contributed by atoms with Crippen LogP contribution >= 0.6 is 35.0 Å². The first-order valence-electron chi connectivity index (χ1n) is 8.09. The molecule has 0 aliphatic rings. The molecule has 0 spiro atoms. The van der Waals surface area contributed by atoms with Crippen molar-refractivity contribution in [2.75, 3.05) is 11.1 Å². The Morgan fingerprint density at radius 1 is 1.11 bits per heavy atom. The SMILES string of the molecule is O=C(CCSc1nnc2c(n1)[nH]c1ccccc12)Nc1cccc(Cl)c1Cl. The number of H-pyrrole nitrogens is 1. The molecule has 6 nitrogen and oxygen atoms in total. The lowest BCUT2D eigenvalue weighted by Gasteiger charge is -2.07. The Bertz CT molecular complexity index is 1150. The normalized spacial score (nSPS) is 11.2. The number of fused-ring (bicyclic) bond motifs is 3. The van der Waals surface area contributed by atoms with E-state index in [-0.39, 0.29) is 12.3 Å². The molecule has 0 radical (unpaired) electrons. The number of nitrogens with zero attached hydrogens (tertiary/aromatic N) is 3. The maximum atomic E-state index is 12.1. The third-order valence-corrected chi connectivity index (χ3v) is 5.55. The van der Waals surface area contributed by atoms with Gasteiger partial charge in [0.05, 0.1) is 15.7 Å². The number of amides is 1. The number of rotatable bonds is 5. The topological polar surface area (TPSA) is 83.6 Å². The van der Waals surface area contributed by atoms with E-state index in [9.17, 15) is 4.79 Å². The standard InChI is InChI=1S/C18H13Cl2N5OS/c19-11-5-3-7-13(15(11)20)21-14(26)8-9-27-18-23-17-16(24-25-18)10-4-1-2-6-12(10)22-17/h1-7H,8-9H2,(H,21,26)(H,22,23,25). The average Bonchev–Trinajstić information content (AvgIpc) is 3.03. The Kier molecular flexibility index (Phi) is 5.15. The van der Waals surface area contributed by atoms with E-state index in [1.54, 1.807) is 18.2 Å². The lowest BCUT2D eigenvalue weighted by atomic mass is 10.2. The van der Waals surface area contributed by atoms with Crippen LogP contribution in [0.5, 0.6) is 0 Å². The number of hydrogen-bond donors (Lipinski definition) is 2. The molecule has 0 atom stereocenters. The highest BCUT2D eigenvalue weighted by Gasteiger charge is 2.11. The number of thioether (sulfide) groups is 1. The zero-order valence-electron chi connectivity index (χ0n) is 13.9. The van der Waals surface area contributed by atoms with Crippen LogP contribution in [0.25, 0.3) is 22.1 Å². The Hall–Kier alpha value is -2.35. The molecule has 0 unspecified atom stereocenters. The van der Waals surface area contributed by atoms with Crippen LogP contribution in [-0.4, -0.2) is 31.8 Å². The average molecular weight is 418 g/mol. The van der Waals surface area contributed by atoms with E-state index < -0.39 is 0 Å². The van der Waals surface area contributed by atoms with E-state index in [0.717, 1.165) is 16.4 Å². The second-order valence-electron chi connectivity index (χ2n) is 5.71. The number of nitrogens with one attached hydrogen (secondary N) is 2. The molecule has 0 saturated heterocycles. The van der Waals surface area contributed by atoms with Crippen LogP contribution in [0.3, 0.4) is 0 Å². The smallest absolute Gasteiger partial charge is 0.225 e. The summed E-state index contributed by atoms with van der Waals surface area (Å²) in [5.41, 5.74) is 2.89. The Morgan fingerprint density at radius 2 is 1.96 bits per heavy atom. The molecule has 27 heavy (non-hydrogen) atoms. The van der Waals surface area contributed by atoms with Crippen molar-refractivity contribution in [3.63, 3.8) is 0 Å². The van der Waals surface area contributed by atoms with Gasteiger partial charge < -0.3 is 10.3 Å². The molecule has 9 heteroatoms. The van der Waals surface area contributed by atoms with Crippen LogP contribution in [0, 0.1) is 0 Å². The Balaban J connectivity index is 1.39. The van der Waals surface area contributed by atoms with Crippen molar-refractivity contribution in [1.29, 1.82) is 0 Å². The first kappa shape index (κ1) is 18.0. The van der Waals surface area contributed by atoms with Crippen LogP contribution in [0.2, 0.25) is 10.0 Å². The summed E-state index contributed by atoms with van der Waals surface area (Å²) in [7, 11) is 0.